The molecule has 0 saturated carbocycles. The summed E-state index contributed by atoms with van der Waals surface area (Å²) in [5.74, 6) is -1.10. The maximum absolute atomic E-state index is 10.7. The molecule has 0 aromatic heterocycles. The van der Waals surface area contributed by atoms with E-state index in [9.17, 15) is 4.79 Å². The molecule has 0 aliphatic heterocycles. The summed E-state index contributed by atoms with van der Waals surface area (Å²) in [6.07, 6.45) is 1.54. The van der Waals surface area contributed by atoms with Gasteiger partial charge >= 0.3 is 5.97 Å². The van der Waals surface area contributed by atoms with Crippen LogP contribution in [0, 0.1) is 0 Å². The Morgan fingerprint density at radius 1 is 1.14 bits per heavy atom. The largest absolute Gasteiger partial charge is 0.481 e. The average Bonchev–Trinajstić information content (AvgIpc) is 2.50. The first-order valence-corrected chi connectivity index (χ1v) is 7.71. The van der Waals surface area contributed by atoms with Gasteiger partial charge < -0.3 is 15.1 Å². The predicted octanol–water partition coefficient (Wildman–Crippen LogP) is 3.40. The van der Waals surface area contributed by atoms with Crippen LogP contribution in [0.3, 0.4) is 0 Å². The molecule has 5 heteroatoms. The van der Waals surface area contributed by atoms with Crippen LogP contribution in [-0.2, 0) is 4.79 Å². The van der Waals surface area contributed by atoms with Crippen LogP contribution in [0.15, 0.2) is 30.3 Å². The Balaban J connectivity index is 0. The van der Waals surface area contributed by atoms with Gasteiger partial charge in [-0.05, 0) is 31.5 Å². The molecule has 2 N–H and O–H groups in total. The third kappa shape index (κ3) is 9.77. The van der Waals surface area contributed by atoms with Crippen molar-refractivity contribution >= 4 is 18.4 Å². The summed E-state index contributed by atoms with van der Waals surface area (Å²) >= 11 is 0. The fourth-order valence-corrected chi connectivity index (χ4v) is 2.07. The third-order valence-electron chi connectivity index (χ3n) is 3.44. The lowest BCUT2D eigenvalue weighted by atomic mass is 9.97. The van der Waals surface area contributed by atoms with Crippen LogP contribution >= 0.6 is 12.4 Å². The number of aliphatic hydroxyl groups excluding tert-OH is 1. The summed E-state index contributed by atoms with van der Waals surface area (Å²) in [5.41, 5.74) is 0.882. The molecule has 0 bridgehead atoms. The molecule has 0 spiro atoms. The SMILES string of the molecule is CCC(C(=O)O)c1ccccc1.CCN(CC)CCCO.Cl. The smallest absolute Gasteiger partial charge is 0.310 e. The minimum Gasteiger partial charge on any atom is -0.481 e. The number of nitrogens with zero attached hydrogens (tertiary/aromatic N) is 1. The first-order chi connectivity index (χ1) is 10.1. The molecule has 0 aliphatic carbocycles. The van der Waals surface area contributed by atoms with Crippen LogP contribution in [0.1, 0.15) is 45.1 Å². The van der Waals surface area contributed by atoms with E-state index in [2.05, 4.69) is 18.7 Å². The zero-order chi connectivity index (χ0) is 16.1. The highest BCUT2D eigenvalue weighted by atomic mass is 35.5. The van der Waals surface area contributed by atoms with E-state index in [4.69, 9.17) is 10.2 Å². The number of hydrogen-bond donors (Lipinski definition) is 2. The normalized spacial score (nSPS) is 11.1. The number of benzene rings is 1. The van der Waals surface area contributed by atoms with Crippen molar-refractivity contribution in [2.45, 2.75) is 39.5 Å². The van der Waals surface area contributed by atoms with Crippen LogP contribution in [0.25, 0.3) is 0 Å². The fourth-order valence-electron chi connectivity index (χ4n) is 2.07. The quantitative estimate of drug-likeness (QED) is 0.766. The molecular formula is C17H30ClNO3. The number of aliphatic hydroxyl groups is 1. The number of rotatable bonds is 8. The van der Waals surface area contributed by atoms with Crippen molar-refractivity contribution in [3.05, 3.63) is 35.9 Å². The molecule has 22 heavy (non-hydrogen) atoms. The first kappa shape index (κ1) is 23.2. The first-order valence-electron chi connectivity index (χ1n) is 7.71. The van der Waals surface area contributed by atoms with Gasteiger partial charge in [-0.15, -0.1) is 12.4 Å². The molecule has 1 rings (SSSR count). The molecule has 1 unspecified atom stereocenters. The number of carbonyl (C=O) groups is 1. The van der Waals surface area contributed by atoms with Gasteiger partial charge in [0.15, 0.2) is 0 Å². The number of halogens is 1. The van der Waals surface area contributed by atoms with Crippen molar-refractivity contribution in [1.29, 1.82) is 0 Å². The van der Waals surface area contributed by atoms with Crippen LogP contribution in [-0.4, -0.2) is 47.3 Å². The molecule has 0 fully saturated rings. The molecule has 0 heterocycles. The van der Waals surface area contributed by atoms with Gasteiger partial charge in [0.1, 0.15) is 0 Å². The van der Waals surface area contributed by atoms with E-state index in [1.807, 2.05) is 37.3 Å². The Morgan fingerprint density at radius 3 is 2.05 bits per heavy atom. The molecule has 128 valence electrons. The summed E-state index contributed by atoms with van der Waals surface area (Å²) < 4.78 is 0. The molecule has 1 aromatic rings. The molecule has 1 aromatic carbocycles. The van der Waals surface area contributed by atoms with Gasteiger partial charge in [-0.3, -0.25) is 4.79 Å². The highest BCUT2D eigenvalue weighted by Crippen LogP contribution is 2.18. The topological polar surface area (TPSA) is 60.8 Å². The van der Waals surface area contributed by atoms with Gasteiger partial charge in [0.25, 0.3) is 0 Å². The van der Waals surface area contributed by atoms with Gasteiger partial charge in [-0.2, -0.15) is 0 Å². The number of carboxylic acids is 1. The van der Waals surface area contributed by atoms with E-state index in [-0.39, 0.29) is 18.3 Å². The van der Waals surface area contributed by atoms with E-state index in [0.29, 0.717) is 13.0 Å². The van der Waals surface area contributed by atoms with Crippen LogP contribution in [0.2, 0.25) is 0 Å². The second-order valence-corrected chi connectivity index (χ2v) is 4.81. The van der Waals surface area contributed by atoms with Crippen LogP contribution in [0.4, 0.5) is 0 Å². The molecule has 0 aliphatic rings. The highest BCUT2D eigenvalue weighted by molar-refractivity contribution is 5.85. The summed E-state index contributed by atoms with van der Waals surface area (Å²) in [5, 5.41) is 17.3. The third-order valence-corrected chi connectivity index (χ3v) is 3.44. The average molecular weight is 332 g/mol. The molecule has 0 radical (unpaired) electrons. The zero-order valence-electron chi connectivity index (χ0n) is 13.9. The summed E-state index contributed by atoms with van der Waals surface area (Å²) in [4.78, 5) is 13.0. The zero-order valence-corrected chi connectivity index (χ0v) is 14.7. The maximum atomic E-state index is 10.7. The minimum atomic E-state index is -0.747. The van der Waals surface area contributed by atoms with Crippen molar-refractivity contribution in [2.24, 2.45) is 0 Å². The van der Waals surface area contributed by atoms with Crippen LogP contribution in [0.5, 0.6) is 0 Å². The molecule has 0 saturated heterocycles. The Hall–Kier alpha value is -1.10. The number of aliphatic carboxylic acids is 1. The van der Waals surface area contributed by atoms with E-state index in [0.717, 1.165) is 31.6 Å². The Morgan fingerprint density at radius 2 is 1.68 bits per heavy atom. The summed E-state index contributed by atoms with van der Waals surface area (Å²) in [6.45, 7) is 9.69. The van der Waals surface area contributed by atoms with Crippen molar-refractivity contribution in [2.75, 3.05) is 26.2 Å². The van der Waals surface area contributed by atoms with Gasteiger partial charge in [0.05, 0.1) is 5.92 Å². The second kappa shape index (κ2) is 14.8. The maximum Gasteiger partial charge on any atom is 0.310 e. The van der Waals surface area contributed by atoms with Crippen molar-refractivity contribution in [3.63, 3.8) is 0 Å². The lowest BCUT2D eigenvalue weighted by molar-refractivity contribution is -0.138. The Labute approximate surface area is 140 Å². The van der Waals surface area contributed by atoms with Crippen molar-refractivity contribution in [3.8, 4) is 0 Å². The van der Waals surface area contributed by atoms with Gasteiger partial charge in [0, 0.05) is 13.2 Å². The Bertz CT molecular complexity index is 369. The van der Waals surface area contributed by atoms with Crippen molar-refractivity contribution < 1.29 is 15.0 Å². The summed E-state index contributed by atoms with van der Waals surface area (Å²) in [7, 11) is 0. The standard InChI is InChI=1S/C10H12O2.C7H17NO.ClH/c1-2-9(10(11)12)8-6-4-3-5-7-8;1-3-8(4-2)6-5-7-9;/h3-7,9H,2H2,1H3,(H,11,12);9H,3-7H2,1-2H3;1H. The van der Waals surface area contributed by atoms with Crippen molar-refractivity contribution in [1.82, 2.24) is 4.90 Å². The molecule has 1 atom stereocenters. The minimum absolute atomic E-state index is 0. The lowest BCUT2D eigenvalue weighted by Gasteiger charge is -2.16. The van der Waals surface area contributed by atoms with Gasteiger partial charge in [-0.1, -0.05) is 51.1 Å². The van der Waals surface area contributed by atoms with Gasteiger partial charge in [-0.25, -0.2) is 0 Å². The second-order valence-electron chi connectivity index (χ2n) is 4.81. The summed E-state index contributed by atoms with van der Waals surface area (Å²) in [6, 6.07) is 9.31. The van der Waals surface area contributed by atoms with Gasteiger partial charge in [0.2, 0.25) is 0 Å². The number of carboxylic acid groups (broad SMARTS) is 1. The van der Waals surface area contributed by atoms with E-state index in [1.54, 1.807) is 0 Å². The van der Waals surface area contributed by atoms with E-state index < -0.39 is 5.97 Å². The lowest BCUT2D eigenvalue weighted by Crippen LogP contribution is -2.24. The fraction of sp³-hybridized carbons (Fsp3) is 0.588. The van der Waals surface area contributed by atoms with Crippen LogP contribution < -0.4 is 0 Å². The number of hydrogen-bond acceptors (Lipinski definition) is 3. The Kier molecular flexibility index (Phi) is 15.6. The molecular weight excluding hydrogens is 302 g/mol. The molecule has 0 amide bonds. The monoisotopic (exact) mass is 331 g/mol. The highest BCUT2D eigenvalue weighted by Gasteiger charge is 2.16. The predicted molar refractivity (Wildman–Crippen MR) is 93.8 cm³/mol. The van der Waals surface area contributed by atoms with E-state index >= 15 is 0 Å². The molecule has 4 nitrogen and oxygen atoms in total. The van der Waals surface area contributed by atoms with E-state index in [1.165, 1.54) is 0 Å².